The average Bonchev–Trinajstić information content (AvgIpc) is 2.78. The smallest absolute Gasteiger partial charge is 0.222 e. The molecule has 0 bridgehead atoms. The van der Waals surface area contributed by atoms with Crippen LogP contribution in [0.3, 0.4) is 0 Å². The third kappa shape index (κ3) is 4.26. The van der Waals surface area contributed by atoms with Gasteiger partial charge in [-0.3, -0.25) is 9.78 Å². The lowest BCUT2D eigenvalue weighted by atomic mass is 9.92. The zero-order valence-corrected chi connectivity index (χ0v) is 17.2. The van der Waals surface area contributed by atoms with Crippen LogP contribution < -0.4 is 4.74 Å². The van der Waals surface area contributed by atoms with Crippen molar-refractivity contribution in [1.29, 1.82) is 0 Å². The molecule has 0 aliphatic carbocycles. The summed E-state index contributed by atoms with van der Waals surface area (Å²) in [6, 6.07) is 16.5. The van der Waals surface area contributed by atoms with Gasteiger partial charge in [-0.05, 0) is 60.9 Å². The molecule has 0 radical (unpaired) electrons. The van der Waals surface area contributed by atoms with Gasteiger partial charge in [0, 0.05) is 42.7 Å². The van der Waals surface area contributed by atoms with Crippen LogP contribution in [0.1, 0.15) is 42.0 Å². The van der Waals surface area contributed by atoms with Gasteiger partial charge < -0.3 is 9.64 Å². The first kappa shape index (κ1) is 19.4. The molecule has 1 aliphatic rings. The minimum Gasteiger partial charge on any atom is -0.496 e. The summed E-state index contributed by atoms with van der Waals surface area (Å²) in [6.07, 6.45) is 5.42. The number of carbonyl (C=O) groups is 1. The molecule has 1 aromatic heterocycles. The van der Waals surface area contributed by atoms with Crippen molar-refractivity contribution in [3.63, 3.8) is 0 Å². The molecular weight excluding hydrogens is 360 g/mol. The molecule has 4 nitrogen and oxygen atoms in total. The number of piperidine rings is 1. The highest BCUT2D eigenvalue weighted by molar-refractivity contribution is 5.87. The van der Waals surface area contributed by atoms with Crippen LogP contribution in [-0.2, 0) is 11.2 Å². The Bertz CT molecular complexity index is 1000. The van der Waals surface area contributed by atoms with Crippen LogP contribution in [-0.4, -0.2) is 36.0 Å². The van der Waals surface area contributed by atoms with E-state index in [1.807, 2.05) is 35.4 Å². The summed E-state index contributed by atoms with van der Waals surface area (Å²) in [4.78, 5) is 19.6. The normalized spacial score (nSPS) is 16.8. The van der Waals surface area contributed by atoms with Gasteiger partial charge in [0.05, 0.1) is 7.11 Å². The van der Waals surface area contributed by atoms with Gasteiger partial charge in [0.25, 0.3) is 0 Å². The van der Waals surface area contributed by atoms with Crippen LogP contribution in [0.2, 0.25) is 0 Å². The van der Waals surface area contributed by atoms with Crippen molar-refractivity contribution in [3.8, 4) is 5.75 Å². The molecule has 0 N–H and O–H groups in total. The lowest BCUT2D eigenvalue weighted by molar-refractivity contribution is -0.132. The number of fused-ring (bicyclic) bond motifs is 1. The summed E-state index contributed by atoms with van der Waals surface area (Å²) in [7, 11) is 1.70. The molecule has 0 unspecified atom stereocenters. The lowest BCUT2D eigenvalue weighted by Gasteiger charge is -2.32. The predicted molar refractivity (Wildman–Crippen MR) is 116 cm³/mol. The minimum absolute atomic E-state index is 0.247. The van der Waals surface area contributed by atoms with Crippen molar-refractivity contribution < 1.29 is 9.53 Å². The van der Waals surface area contributed by atoms with E-state index in [0.29, 0.717) is 12.3 Å². The summed E-state index contributed by atoms with van der Waals surface area (Å²) in [5, 5.41) is 2.31. The van der Waals surface area contributed by atoms with Crippen LogP contribution >= 0.6 is 0 Å². The summed E-state index contributed by atoms with van der Waals surface area (Å²) >= 11 is 0. The average molecular weight is 389 g/mol. The van der Waals surface area contributed by atoms with Gasteiger partial charge in [0.2, 0.25) is 5.91 Å². The first-order chi connectivity index (χ1) is 14.2. The number of nitrogens with zero attached hydrogens (tertiary/aromatic N) is 2. The number of aryl methyl sites for hydroxylation is 2. The van der Waals surface area contributed by atoms with E-state index in [-0.39, 0.29) is 5.91 Å². The number of carbonyl (C=O) groups excluding carboxylic acids is 1. The lowest BCUT2D eigenvalue weighted by Crippen LogP contribution is -2.39. The maximum Gasteiger partial charge on any atom is 0.222 e. The summed E-state index contributed by atoms with van der Waals surface area (Å²) in [6.45, 7) is 3.70. The van der Waals surface area contributed by atoms with Gasteiger partial charge in [-0.25, -0.2) is 0 Å². The Morgan fingerprint density at radius 2 is 2.03 bits per heavy atom. The van der Waals surface area contributed by atoms with Crippen molar-refractivity contribution in [2.45, 2.75) is 38.5 Å². The fourth-order valence-corrected chi connectivity index (χ4v) is 4.31. The Balaban J connectivity index is 1.47. The molecule has 1 fully saturated rings. The van der Waals surface area contributed by atoms with E-state index in [1.165, 1.54) is 10.9 Å². The second kappa shape index (κ2) is 8.64. The quantitative estimate of drug-likeness (QED) is 0.625. The number of ether oxygens (including phenoxy) is 1. The Kier molecular flexibility index (Phi) is 5.79. The second-order valence-electron chi connectivity index (χ2n) is 7.89. The number of hydrogen-bond acceptors (Lipinski definition) is 3. The van der Waals surface area contributed by atoms with E-state index < -0.39 is 0 Å². The highest BCUT2D eigenvalue weighted by atomic mass is 16.5. The third-order valence-electron chi connectivity index (χ3n) is 6.03. The van der Waals surface area contributed by atoms with Crippen LogP contribution in [0.4, 0.5) is 0 Å². The molecule has 150 valence electrons. The topological polar surface area (TPSA) is 42.4 Å². The predicted octanol–water partition coefficient (Wildman–Crippen LogP) is 4.89. The van der Waals surface area contributed by atoms with E-state index in [4.69, 9.17) is 9.72 Å². The number of methoxy groups -OCH3 is 1. The largest absolute Gasteiger partial charge is 0.496 e. The second-order valence-corrected chi connectivity index (χ2v) is 7.89. The fraction of sp³-hybridized carbons (Fsp3) is 0.360. The molecule has 4 rings (SSSR count). The van der Waals surface area contributed by atoms with Gasteiger partial charge in [-0.2, -0.15) is 0 Å². The number of aromatic nitrogens is 1. The van der Waals surface area contributed by atoms with E-state index in [2.05, 4.69) is 31.2 Å². The van der Waals surface area contributed by atoms with Crippen LogP contribution in [0.15, 0.2) is 54.7 Å². The highest BCUT2D eigenvalue weighted by Crippen LogP contribution is 2.31. The molecule has 3 aromatic rings. The monoisotopic (exact) mass is 388 g/mol. The van der Waals surface area contributed by atoms with Crippen LogP contribution in [0.5, 0.6) is 5.75 Å². The van der Waals surface area contributed by atoms with Gasteiger partial charge in [-0.1, -0.05) is 30.3 Å². The van der Waals surface area contributed by atoms with Gasteiger partial charge >= 0.3 is 0 Å². The first-order valence-corrected chi connectivity index (χ1v) is 10.4. The maximum atomic E-state index is 12.8. The third-order valence-corrected chi connectivity index (χ3v) is 6.03. The Labute approximate surface area is 172 Å². The van der Waals surface area contributed by atoms with Crippen molar-refractivity contribution in [1.82, 2.24) is 9.88 Å². The molecule has 2 heterocycles. The van der Waals surface area contributed by atoms with Crippen molar-refractivity contribution in [2.75, 3.05) is 20.2 Å². The molecule has 0 saturated carbocycles. The molecule has 1 amide bonds. The number of hydrogen-bond donors (Lipinski definition) is 0. The van der Waals surface area contributed by atoms with Gasteiger partial charge in [-0.15, -0.1) is 0 Å². The Hall–Kier alpha value is -2.88. The fourth-order valence-electron chi connectivity index (χ4n) is 4.31. The van der Waals surface area contributed by atoms with Crippen molar-refractivity contribution in [2.24, 2.45) is 0 Å². The first-order valence-electron chi connectivity index (χ1n) is 10.4. The number of likely N-dealkylation sites (tertiary alicyclic amines) is 1. The van der Waals surface area contributed by atoms with E-state index in [0.717, 1.165) is 54.7 Å². The molecule has 1 atom stereocenters. The molecule has 2 aromatic carbocycles. The Morgan fingerprint density at radius 1 is 1.21 bits per heavy atom. The van der Waals surface area contributed by atoms with Gasteiger partial charge in [0.15, 0.2) is 0 Å². The number of pyridine rings is 1. The molecule has 1 aliphatic heterocycles. The number of benzene rings is 2. The minimum atomic E-state index is 0.247. The van der Waals surface area contributed by atoms with E-state index >= 15 is 0 Å². The molecule has 1 saturated heterocycles. The Morgan fingerprint density at radius 3 is 2.83 bits per heavy atom. The summed E-state index contributed by atoms with van der Waals surface area (Å²) in [5.41, 5.74) is 3.43. The van der Waals surface area contributed by atoms with Crippen molar-refractivity contribution in [3.05, 3.63) is 71.5 Å². The zero-order valence-electron chi connectivity index (χ0n) is 17.2. The standard InChI is InChI=1S/C25H28N2O2/c1-18-22-15-23(26-16-20(22)11-12-24(18)29-2)21-9-6-14-27(17-21)25(28)13-10-19-7-4-3-5-8-19/h3-5,7-8,11-12,15-16,21H,6,9-10,13-14,17H2,1-2H3/t21-/m1/s1. The maximum absolute atomic E-state index is 12.8. The summed E-state index contributed by atoms with van der Waals surface area (Å²) in [5.74, 6) is 1.44. The van der Waals surface area contributed by atoms with Crippen LogP contribution in [0.25, 0.3) is 10.8 Å². The molecule has 4 heteroatoms. The molecule has 0 spiro atoms. The highest BCUT2D eigenvalue weighted by Gasteiger charge is 2.25. The van der Waals surface area contributed by atoms with E-state index in [9.17, 15) is 4.79 Å². The SMILES string of the molecule is COc1ccc2cnc([C@@H]3CCCN(C(=O)CCc4ccccc4)C3)cc2c1C. The zero-order chi connectivity index (χ0) is 20.2. The van der Waals surface area contributed by atoms with E-state index in [1.54, 1.807) is 7.11 Å². The number of amides is 1. The molecular formula is C25H28N2O2. The van der Waals surface area contributed by atoms with Crippen molar-refractivity contribution >= 4 is 16.7 Å². The summed E-state index contributed by atoms with van der Waals surface area (Å²) < 4.78 is 5.48. The number of rotatable bonds is 5. The molecule has 29 heavy (non-hydrogen) atoms. The van der Waals surface area contributed by atoms with Gasteiger partial charge in [0.1, 0.15) is 5.75 Å². The van der Waals surface area contributed by atoms with Crippen LogP contribution in [0, 0.1) is 6.92 Å².